The highest BCUT2D eigenvalue weighted by atomic mass is 31.2. The van der Waals surface area contributed by atoms with E-state index in [2.05, 4.69) is 123 Å². The molecule has 9 nitrogen and oxygen atoms in total. The van der Waals surface area contributed by atoms with Gasteiger partial charge in [0.2, 0.25) is 0 Å². The highest BCUT2D eigenvalue weighted by molar-refractivity contribution is 7.47. The number of nitrogens with two attached hydrogens (primary N) is 1. The van der Waals surface area contributed by atoms with E-state index in [9.17, 15) is 19.0 Å². The third-order valence-electron chi connectivity index (χ3n) is 15.4. The molecule has 0 aromatic heterocycles. The van der Waals surface area contributed by atoms with E-state index in [1.54, 1.807) is 0 Å². The second kappa shape index (κ2) is 70.8. The molecule has 496 valence electrons. The Morgan fingerprint density at radius 3 is 0.953 bits per heavy atom. The number of hydrogen-bond donors (Lipinski definition) is 2. The van der Waals surface area contributed by atoms with Gasteiger partial charge in [-0.05, 0) is 83.5 Å². The monoisotopic (exact) mass is 1220 g/mol. The maximum Gasteiger partial charge on any atom is 0.472 e. The summed E-state index contributed by atoms with van der Waals surface area (Å²) in [5.41, 5.74) is 5.40. The summed E-state index contributed by atoms with van der Waals surface area (Å²) >= 11 is 0. The van der Waals surface area contributed by atoms with Gasteiger partial charge in [0.15, 0.2) is 6.10 Å². The van der Waals surface area contributed by atoms with Crippen LogP contribution in [0.2, 0.25) is 0 Å². The van der Waals surface area contributed by atoms with E-state index in [0.717, 1.165) is 109 Å². The van der Waals surface area contributed by atoms with E-state index in [0.29, 0.717) is 6.42 Å². The van der Waals surface area contributed by atoms with Gasteiger partial charge in [-0.3, -0.25) is 18.6 Å². The third kappa shape index (κ3) is 69.8. The molecule has 2 unspecified atom stereocenters. The molecular weight excluding hydrogens is 1090 g/mol. The molecule has 0 bridgehead atoms. The molecule has 0 aliphatic rings. The van der Waals surface area contributed by atoms with Gasteiger partial charge in [-0.1, -0.05) is 342 Å². The number of hydrogen-bond acceptors (Lipinski definition) is 8. The number of carbonyl (C=O) groups excluding carboxylic acids is 2. The fourth-order valence-corrected chi connectivity index (χ4v) is 10.9. The third-order valence-corrected chi connectivity index (χ3v) is 16.4. The van der Waals surface area contributed by atoms with Gasteiger partial charge in [0, 0.05) is 19.4 Å². The van der Waals surface area contributed by atoms with Gasteiger partial charge < -0.3 is 20.1 Å². The summed E-state index contributed by atoms with van der Waals surface area (Å²) in [7, 11) is -4.41. The van der Waals surface area contributed by atoms with E-state index in [1.165, 1.54) is 186 Å². The van der Waals surface area contributed by atoms with Crippen LogP contribution in [-0.2, 0) is 32.7 Å². The molecule has 0 aliphatic carbocycles. The number of rotatable bonds is 67. The molecule has 86 heavy (non-hydrogen) atoms. The fraction of sp³-hybridized carbons (Fsp3) is 0.737. The lowest BCUT2D eigenvalue weighted by Crippen LogP contribution is -2.29. The minimum Gasteiger partial charge on any atom is -0.462 e. The summed E-state index contributed by atoms with van der Waals surface area (Å²) in [6, 6.07) is 0. The second-order valence-corrected chi connectivity index (χ2v) is 25.2. The van der Waals surface area contributed by atoms with Gasteiger partial charge in [0.25, 0.3) is 0 Å². The number of allylic oxidation sites excluding steroid dienone is 18. The SMILES string of the molecule is CC/C=C\C/C=C\C/C=C\C/C=C\C/C=C\C/C=C\C/C=C\C/C=C\C/C=C\CCCCCCCC(=O)OC(COC(=O)CCCCCCCCCCCCCCCCCCCCCCCCCCCCCCCCCC)COP(=O)(O)OCCN. The van der Waals surface area contributed by atoms with Crippen molar-refractivity contribution in [3.63, 3.8) is 0 Å². The van der Waals surface area contributed by atoms with Crippen molar-refractivity contribution in [3.8, 4) is 0 Å². The minimum atomic E-state index is -4.41. The molecule has 0 amide bonds. The molecule has 0 aliphatic heterocycles. The van der Waals surface area contributed by atoms with Crippen LogP contribution in [0.15, 0.2) is 109 Å². The molecule has 10 heteroatoms. The number of phosphoric ester groups is 1. The number of ether oxygens (including phenoxy) is 2. The largest absolute Gasteiger partial charge is 0.472 e. The van der Waals surface area contributed by atoms with Crippen molar-refractivity contribution in [1.82, 2.24) is 0 Å². The number of unbranched alkanes of at least 4 members (excludes halogenated alkanes) is 36. The molecule has 2 atom stereocenters. The predicted octanol–water partition coefficient (Wildman–Crippen LogP) is 23.7. The van der Waals surface area contributed by atoms with Crippen LogP contribution in [0.5, 0.6) is 0 Å². The quantitative estimate of drug-likeness (QED) is 0.0264. The molecule has 0 radical (unpaired) electrons. The molecule has 0 rings (SSSR count). The lowest BCUT2D eigenvalue weighted by Gasteiger charge is -2.19. The summed E-state index contributed by atoms with van der Waals surface area (Å²) in [6.45, 7) is 3.64. The first-order valence-corrected chi connectivity index (χ1v) is 37.4. The highest BCUT2D eigenvalue weighted by Crippen LogP contribution is 2.43. The van der Waals surface area contributed by atoms with Gasteiger partial charge in [-0.15, -0.1) is 0 Å². The van der Waals surface area contributed by atoms with Gasteiger partial charge in [0.05, 0.1) is 13.2 Å². The molecule has 0 aromatic carbocycles. The first-order chi connectivity index (χ1) is 42.3. The molecule has 0 saturated heterocycles. The summed E-state index contributed by atoms with van der Waals surface area (Å²) in [6.07, 6.45) is 97.6. The molecule has 0 saturated carbocycles. The topological polar surface area (TPSA) is 134 Å². The van der Waals surface area contributed by atoms with Crippen molar-refractivity contribution < 1.29 is 37.6 Å². The Morgan fingerprint density at radius 1 is 0.360 bits per heavy atom. The van der Waals surface area contributed by atoms with Gasteiger partial charge >= 0.3 is 19.8 Å². The lowest BCUT2D eigenvalue weighted by molar-refractivity contribution is -0.161. The molecule has 0 heterocycles. The minimum absolute atomic E-state index is 0.0459. The Balaban J connectivity index is 3.93. The fourth-order valence-electron chi connectivity index (χ4n) is 10.2. The second-order valence-electron chi connectivity index (χ2n) is 23.7. The van der Waals surface area contributed by atoms with Crippen LogP contribution < -0.4 is 5.73 Å². The first-order valence-electron chi connectivity index (χ1n) is 35.9. The maximum absolute atomic E-state index is 12.8. The van der Waals surface area contributed by atoms with E-state index in [4.69, 9.17) is 24.3 Å². The van der Waals surface area contributed by atoms with Crippen LogP contribution in [0.1, 0.15) is 328 Å². The van der Waals surface area contributed by atoms with Crippen molar-refractivity contribution in [1.29, 1.82) is 0 Å². The first kappa shape index (κ1) is 82.7. The van der Waals surface area contributed by atoms with E-state index in [-0.39, 0.29) is 38.6 Å². The molecule has 0 spiro atoms. The average Bonchev–Trinajstić information content (AvgIpc) is 3.58. The van der Waals surface area contributed by atoms with Crippen LogP contribution in [0.25, 0.3) is 0 Å². The van der Waals surface area contributed by atoms with Crippen LogP contribution in [0, 0.1) is 0 Å². The van der Waals surface area contributed by atoms with Gasteiger partial charge in [-0.2, -0.15) is 0 Å². The molecule has 0 fully saturated rings. The van der Waals surface area contributed by atoms with Gasteiger partial charge in [0.1, 0.15) is 6.61 Å². The summed E-state index contributed by atoms with van der Waals surface area (Å²) in [4.78, 5) is 35.4. The zero-order chi connectivity index (χ0) is 62.3. The van der Waals surface area contributed by atoms with E-state index in [1.807, 2.05) is 0 Å². The Bertz CT molecular complexity index is 1780. The smallest absolute Gasteiger partial charge is 0.462 e. The van der Waals surface area contributed by atoms with Crippen molar-refractivity contribution >= 4 is 19.8 Å². The number of esters is 2. The zero-order valence-corrected chi connectivity index (χ0v) is 56.7. The summed E-state index contributed by atoms with van der Waals surface area (Å²) < 4.78 is 33.2. The van der Waals surface area contributed by atoms with Gasteiger partial charge in [-0.25, -0.2) is 4.57 Å². The van der Waals surface area contributed by atoms with E-state index < -0.39 is 26.5 Å². The highest BCUT2D eigenvalue weighted by Gasteiger charge is 2.26. The van der Waals surface area contributed by atoms with Crippen LogP contribution in [-0.4, -0.2) is 49.3 Å². The Labute approximate surface area is 530 Å². The maximum atomic E-state index is 12.8. The van der Waals surface area contributed by atoms with Crippen molar-refractivity contribution in [2.24, 2.45) is 5.73 Å². The Hall–Kier alpha value is -3.33. The predicted molar refractivity (Wildman–Crippen MR) is 371 cm³/mol. The number of carbonyl (C=O) groups is 2. The summed E-state index contributed by atoms with van der Waals surface area (Å²) in [5, 5.41) is 0. The Morgan fingerprint density at radius 2 is 0.640 bits per heavy atom. The van der Waals surface area contributed by atoms with Crippen molar-refractivity contribution in [3.05, 3.63) is 109 Å². The molecule has 0 aromatic rings. The standard InChI is InChI=1S/C76H134NO8P/c1-3-5-7-9-11-13-15-17-19-21-23-25-27-29-31-33-35-37-39-41-43-45-47-49-51-53-55-57-59-61-63-65-67-69-76(79)85-74(73-84-86(80,81)83-71-70-77)72-82-75(78)68-66-64-62-60-58-56-54-52-50-48-46-44-42-40-38-36-34-32-30-28-26-24-22-20-18-16-14-12-10-8-6-4-2/h5,7,11,13,17,19,23,25,29,31,35,37,41,43,47,49,53,55,74H,3-4,6,8-10,12,14-16,18,20-22,24,26-28,30,32-34,36,38-40,42,44-46,48,50-52,54,56-73,77H2,1-2H3,(H,80,81)/b7-5-,13-11-,19-17-,25-23-,31-29-,37-35-,43-41-,49-47-,55-53-. The lowest BCUT2D eigenvalue weighted by atomic mass is 10.0. The van der Waals surface area contributed by atoms with Crippen LogP contribution >= 0.6 is 7.82 Å². The molecule has 3 N–H and O–H groups in total. The number of phosphoric acid groups is 1. The van der Waals surface area contributed by atoms with Crippen LogP contribution in [0.3, 0.4) is 0 Å². The Kier molecular flexibility index (Phi) is 68.0. The van der Waals surface area contributed by atoms with Crippen molar-refractivity contribution in [2.75, 3.05) is 26.4 Å². The summed E-state index contributed by atoms with van der Waals surface area (Å²) in [5.74, 6) is -0.844. The van der Waals surface area contributed by atoms with Crippen LogP contribution in [0.4, 0.5) is 0 Å². The van der Waals surface area contributed by atoms with E-state index >= 15 is 0 Å². The zero-order valence-electron chi connectivity index (χ0n) is 55.8. The van der Waals surface area contributed by atoms with Crippen molar-refractivity contribution in [2.45, 2.75) is 335 Å². The average molecular weight is 1220 g/mol. The molecular formula is C76H134NO8P. The normalized spacial score (nSPS) is 13.6.